The normalized spacial score (nSPS) is 9.69. The fourth-order valence-electron chi connectivity index (χ4n) is 0.819. The van der Waals surface area contributed by atoms with Gasteiger partial charge in [-0.3, -0.25) is 4.79 Å². The molecule has 0 atom stereocenters. The Balaban J connectivity index is 2.93. The fourth-order valence-corrected chi connectivity index (χ4v) is 1.28. The summed E-state index contributed by atoms with van der Waals surface area (Å²) in [7, 11) is 0. The van der Waals surface area contributed by atoms with Crippen molar-refractivity contribution in [1.29, 1.82) is 0 Å². The first-order chi connectivity index (χ1) is 6.15. The smallest absolute Gasteiger partial charge is 0.311 e. The summed E-state index contributed by atoms with van der Waals surface area (Å²) in [5.74, 6) is 0.105. The Hall–Kier alpha value is -1.03. The van der Waals surface area contributed by atoms with Crippen LogP contribution in [0.2, 0.25) is 0 Å². The van der Waals surface area contributed by atoms with Crippen LogP contribution in [-0.4, -0.2) is 5.97 Å². The number of halogens is 1. The molecule has 4 heteroatoms. The number of carbonyl (C=O) groups is 1. The molecule has 1 aromatic carbocycles. The van der Waals surface area contributed by atoms with E-state index in [1.54, 1.807) is 25.1 Å². The van der Waals surface area contributed by atoms with Crippen LogP contribution in [0, 0.1) is 0 Å². The molecular weight excluding hydrogens is 234 g/mol. The lowest BCUT2D eigenvalue weighted by Crippen LogP contribution is -2.07. The van der Waals surface area contributed by atoms with Crippen molar-refractivity contribution in [3.8, 4) is 5.75 Å². The topological polar surface area (TPSA) is 52.3 Å². The van der Waals surface area contributed by atoms with E-state index in [0.29, 0.717) is 22.3 Å². The Morgan fingerprint density at radius 2 is 2.31 bits per heavy atom. The first kappa shape index (κ1) is 10.1. The van der Waals surface area contributed by atoms with E-state index in [4.69, 9.17) is 10.5 Å². The number of rotatable bonds is 2. The van der Waals surface area contributed by atoms with E-state index in [0.717, 1.165) is 0 Å². The molecular formula is C9H10BrNO2. The van der Waals surface area contributed by atoms with Crippen LogP contribution < -0.4 is 10.5 Å². The molecule has 1 rings (SSSR count). The molecule has 0 bridgehead atoms. The molecule has 0 amide bonds. The Morgan fingerprint density at radius 3 is 2.85 bits per heavy atom. The van der Waals surface area contributed by atoms with E-state index in [9.17, 15) is 4.79 Å². The maximum atomic E-state index is 11.0. The number of benzene rings is 1. The monoisotopic (exact) mass is 243 g/mol. The number of carbonyl (C=O) groups excluding carboxylic acids is 1. The van der Waals surface area contributed by atoms with Crippen LogP contribution in [0.5, 0.6) is 5.75 Å². The van der Waals surface area contributed by atoms with Crippen molar-refractivity contribution in [2.75, 3.05) is 5.73 Å². The maximum absolute atomic E-state index is 11.0. The van der Waals surface area contributed by atoms with Gasteiger partial charge in [0.25, 0.3) is 0 Å². The van der Waals surface area contributed by atoms with Gasteiger partial charge in [0, 0.05) is 6.42 Å². The minimum absolute atomic E-state index is 0.293. The second-order valence-corrected chi connectivity index (χ2v) is 3.34. The summed E-state index contributed by atoms with van der Waals surface area (Å²) in [6.45, 7) is 1.73. The fraction of sp³-hybridized carbons (Fsp3) is 0.222. The van der Waals surface area contributed by atoms with Gasteiger partial charge in [0.2, 0.25) is 0 Å². The number of anilines is 1. The van der Waals surface area contributed by atoms with Gasteiger partial charge in [0.05, 0.1) is 10.2 Å². The molecule has 0 saturated carbocycles. The largest absolute Gasteiger partial charge is 0.423 e. The Bertz CT molecular complexity index is 305. The lowest BCUT2D eigenvalue weighted by Gasteiger charge is -2.07. The summed E-state index contributed by atoms with van der Waals surface area (Å²) in [6.07, 6.45) is 0.334. The highest BCUT2D eigenvalue weighted by molar-refractivity contribution is 9.10. The van der Waals surface area contributed by atoms with E-state index in [2.05, 4.69) is 15.9 Å². The van der Waals surface area contributed by atoms with E-state index in [-0.39, 0.29) is 5.97 Å². The Morgan fingerprint density at radius 1 is 1.62 bits per heavy atom. The van der Waals surface area contributed by atoms with E-state index in [1.807, 2.05) is 0 Å². The summed E-state index contributed by atoms with van der Waals surface area (Å²) in [6, 6.07) is 5.24. The molecule has 0 aliphatic carbocycles. The third-order valence-corrected chi connectivity index (χ3v) is 2.13. The number of nitrogen functional groups attached to an aromatic ring is 1. The zero-order valence-corrected chi connectivity index (χ0v) is 8.80. The lowest BCUT2D eigenvalue weighted by atomic mass is 10.3. The number of hydrogen-bond acceptors (Lipinski definition) is 3. The second kappa shape index (κ2) is 4.28. The van der Waals surface area contributed by atoms with Crippen molar-refractivity contribution in [3.05, 3.63) is 22.7 Å². The van der Waals surface area contributed by atoms with E-state index in [1.165, 1.54) is 0 Å². The lowest BCUT2D eigenvalue weighted by molar-refractivity contribution is -0.134. The van der Waals surface area contributed by atoms with Crippen molar-refractivity contribution in [3.63, 3.8) is 0 Å². The van der Waals surface area contributed by atoms with Gasteiger partial charge in [-0.1, -0.05) is 13.0 Å². The summed E-state index contributed by atoms with van der Waals surface area (Å²) in [4.78, 5) is 11.0. The van der Waals surface area contributed by atoms with Crippen molar-refractivity contribution < 1.29 is 9.53 Å². The molecule has 0 fully saturated rings. The van der Waals surface area contributed by atoms with Crippen LogP contribution in [0.25, 0.3) is 0 Å². The molecule has 3 nitrogen and oxygen atoms in total. The predicted molar refractivity (Wildman–Crippen MR) is 54.5 cm³/mol. The van der Waals surface area contributed by atoms with Crippen LogP contribution in [0.1, 0.15) is 13.3 Å². The minimum Gasteiger partial charge on any atom is -0.423 e. The highest BCUT2D eigenvalue weighted by Crippen LogP contribution is 2.30. The van der Waals surface area contributed by atoms with Crippen molar-refractivity contribution in [2.24, 2.45) is 0 Å². The van der Waals surface area contributed by atoms with Gasteiger partial charge in [-0.25, -0.2) is 0 Å². The quantitative estimate of drug-likeness (QED) is 0.493. The van der Waals surface area contributed by atoms with Gasteiger partial charge in [-0.05, 0) is 28.1 Å². The first-order valence-corrected chi connectivity index (χ1v) is 4.69. The molecule has 13 heavy (non-hydrogen) atoms. The molecule has 0 radical (unpaired) electrons. The Kier molecular flexibility index (Phi) is 3.31. The van der Waals surface area contributed by atoms with Crippen molar-refractivity contribution in [2.45, 2.75) is 13.3 Å². The summed E-state index contributed by atoms with van der Waals surface area (Å²) in [5.41, 5.74) is 6.07. The van der Waals surface area contributed by atoms with Gasteiger partial charge >= 0.3 is 5.97 Å². The minimum atomic E-state index is -0.293. The molecule has 0 unspecified atom stereocenters. The van der Waals surface area contributed by atoms with Crippen molar-refractivity contribution in [1.82, 2.24) is 0 Å². The standard InChI is InChI=1S/C9H10BrNO2/c1-2-8(12)13-9-6(10)4-3-5-7(9)11/h3-5H,2,11H2,1H3. The third-order valence-electron chi connectivity index (χ3n) is 1.50. The average Bonchev–Trinajstić information content (AvgIpc) is 2.11. The summed E-state index contributed by atoms with van der Waals surface area (Å²) in [5, 5.41) is 0. The second-order valence-electron chi connectivity index (χ2n) is 2.49. The van der Waals surface area contributed by atoms with Gasteiger partial charge in [-0.15, -0.1) is 0 Å². The number of esters is 1. The molecule has 1 aromatic rings. The summed E-state index contributed by atoms with van der Waals surface area (Å²) >= 11 is 3.25. The average molecular weight is 244 g/mol. The van der Waals surface area contributed by atoms with Crippen LogP contribution in [0.15, 0.2) is 22.7 Å². The molecule has 0 saturated heterocycles. The highest BCUT2D eigenvalue weighted by Gasteiger charge is 2.08. The number of para-hydroxylation sites is 1. The first-order valence-electron chi connectivity index (χ1n) is 3.89. The van der Waals surface area contributed by atoms with Crippen LogP contribution in [0.4, 0.5) is 5.69 Å². The van der Waals surface area contributed by atoms with Crippen LogP contribution in [-0.2, 0) is 4.79 Å². The van der Waals surface area contributed by atoms with Gasteiger partial charge in [0.15, 0.2) is 5.75 Å². The number of ether oxygens (including phenoxy) is 1. The number of nitrogens with two attached hydrogens (primary N) is 1. The highest BCUT2D eigenvalue weighted by atomic mass is 79.9. The summed E-state index contributed by atoms with van der Waals surface area (Å²) < 4.78 is 5.70. The zero-order valence-electron chi connectivity index (χ0n) is 7.21. The van der Waals surface area contributed by atoms with E-state index < -0.39 is 0 Å². The SMILES string of the molecule is CCC(=O)Oc1c(N)cccc1Br. The van der Waals surface area contributed by atoms with Crippen molar-refractivity contribution >= 4 is 27.6 Å². The molecule has 0 aliphatic heterocycles. The molecule has 0 spiro atoms. The zero-order chi connectivity index (χ0) is 9.84. The molecule has 0 aromatic heterocycles. The predicted octanol–water partition coefficient (Wildman–Crippen LogP) is 2.35. The maximum Gasteiger partial charge on any atom is 0.311 e. The van der Waals surface area contributed by atoms with E-state index >= 15 is 0 Å². The van der Waals surface area contributed by atoms with Gasteiger partial charge in [0.1, 0.15) is 0 Å². The molecule has 0 aliphatic rings. The third kappa shape index (κ3) is 2.45. The van der Waals surface area contributed by atoms with Crippen LogP contribution >= 0.6 is 15.9 Å². The molecule has 0 heterocycles. The van der Waals surface area contributed by atoms with Gasteiger partial charge in [-0.2, -0.15) is 0 Å². The molecule has 70 valence electrons. The Labute approximate surface area is 85.0 Å². The number of hydrogen-bond donors (Lipinski definition) is 1. The van der Waals surface area contributed by atoms with Gasteiger partial charge < -0.3 is 10.5 Å². The van der Waals surface area contributed by atoms with Crippen LogP contribution in [0.3, 0.4) is 0 Å². The molecule has 2 N–H and O–H groups in total.